The van der Waals surface area contributed by atoms with Crippen LogP contribution in [0.4, 0.5) is 5.69 Å². The molecule has 9 nitrogen and oxygen atoms in total. The maximum Gasteiger partial charge on any atom is 0.255 e. The number of amides is 1. The van der Waals surface area contributed by atoms with Crippen molar-refractivity contribution in [3.05, 3.63) is 59.4 Å². The van der Waals surface area contributed by atoms with Crippen LogP contribution >= 0.6 is 0 Å². The predicted octanol–water partition coefficient (Wildman–Crippen LogP) is 3.25. The van der Waals surface area contributed by atoms with Gasteiger partial charge in [-0.15, -0.1) is 10.2 Å². The van der Waals surface area contributed by atoms with Gasteiger partial charge in [0.1, 0.15) is 5.82 Å². The molecule has 0 radical (unpaired) electrons. The molecular weight excluding hydrogens is 466 g/mol. The number of nitrogens with one attached hydrogen (secondary N) is 1. The zero-order valence-electron chi connectivity index (χ0n) is 19.7. The first-order chi connectivity index (χ1) is 16.9. The molecule has 1 saturated heterocycles. The molecule has 35 heavy (non-hydrogen) atoms. The van der Waals surface area contributed by atoms with Crippen molar-refractivity contribution in [2.24, 2.45) is 0 Å². The molecule has 1 N–H and O–H groups in total. The van der Waals surface area contributed by atoms with E-state index in [9.17, 15) is 13.2 Å². The SMILES string of the molecule is Cc1ccc(C(=O)Nc2cccc(-c3nnc4n3CCCCC4)c2)cc1S(=O)(=O)N1CCOCC1. The maximum absolute atomic E-state index is 13.2. The second-order valence-electron chi connectivity index (χ2n) is 8.93. The summed E-state index contributed by atoms with van der Waals surface area (Å²) in [4.78, 5) is 13.2. The Morgan fingerprint density at radius 3 is 2.66 bits per heavy atom. The van der Waals surface area contributed by atoms with E-state index in [-0.39, 0.29) is 16.4 Å². The molecule has 1 aromatic heterocycles. The molecule has 0 aliphatic carbocycles. The summed E-state index contributed by atoms with van der Waals surface area (Å²) in [6.07, 6.45) is 4.32. The number of hydrogen-bond acceptors (Lipinski definition) is 6. The molecule has 1 amide bonds. The van der Waals surface area contributed by atoms with Gasteiger partial charge >= 0.3 is 0 Å². The summed E-state index contributed by atoms with van der Waals surface area (Å²) in [6.45, 7) is 3.96. The van der Waals surface area contributed by atoms with Crippen molar-refractivity contribution < 1.29 is 17.9 Å². The molecule has 0 spiro atoms. The number of hydrogen-bond donors (Lipinski definition) is 1. The van der Waals surface area contributed by atoms with Crippen LogP contribution in [-0.4, -0.2) is 59.7 Å². The first kappa shape index (κ1) is 23.7. The minimum absolute atomic E-state index is 0.145. The highest BCUT2D eigenvalue weighted by Gasteiger charge is 2.28. The van der Waals surface area contributed by atoms with E-state index in [2.05, 4.69) is 20.1 Å². The zero-order valence-corrected chi connectivity index (χ0v) is 20.6. The van der Waals surface area contributed by atoms with Crippen LogP contribution in [0.1, 0.15) is 41.0 Å². The van der Waals surface area contributed by atoms with E-state index in [0.717, 1.165) is 43.0 Å². The lowest BCUT2D eigenvalue weighted by Gasteiger charge is -2.26. The number of sulfonamides is 1. The van der Waals surface area contributed by atoms with Crippen molar-refractivity contribution in [3.63, 3.8) is 0 Å². The number of rotatable bonds is 5. The van der Waals surface area contributed by atoms with Crippen LogP contribution in [0.15, 0.2) is 47.4 Å². The number of aryl methyl sites for hydroxylation is 2. The lowest BCUT2D eigenvalue weighted by molar-refractivity contribution is 0.0730. The second-order valence-corrected chi connectivity index (χ2v) is 10.8. The molecule has 5 rings (SSSR count). The lowest BCUT2D eigenvalue weighted by Crippen LogP contribution is -2.40. The standard InChI is InChI=1S/C25H29N5O4S/c1-18-9-10-20(17-22(18)35(32,33)29-12-14-34-15-13-29)25(31)26-21-7-5-6-19(16-21)24-28-27-23-8-3-2-4-11-30(23)24/h5-7,9-10,16-17H,2-4,8,11-15H2,1H3,(H,26,31). The number of carbonyl (C=O) groups excluding carboxylic acids is 1. The molecule has 0 unspecified atom stereocenters. The van der Waals surface area contributed by atoms with Crippen LogP contribution in [0.2, 0.25) is 0 Å². The van der Waals surface area contributed by atoms with Crippen LogP contribution in [0.3, 0.4) is 0 Å². The first-order valence-corrected chi connectivity index (χ1v) is 13.4. The number of morpholine rings is 1. The Labute approximate surface area is 205 Å². The summed E-state index contributed by atoms with van der Waals surface area (Å²) >= 11 is 0. The van der Waals surface area contributed by atoms with Gasteiger partial charge in [0.2, 0.25) is 10.0 Å². The van der Waals surface area contributed by atoms with Crippen molar-refractivity contribution in [2.75, 3.05) is 31.6 Å². The summed E-state index contributed by atoms with van der Waals surface area (Å²) < 4.78 is 35.2. The Balaban J connectivity index is 1.38. The van der Waals surface area contributed by atoms with Gasteiger partial charge in [0.25, 0.3) is 5.91 Å². The average molecular weight is 496 g/mol. The van der Waals surface area contributed by atoms with Gasteiger partial charge in [0.15, 0.2) is 5.82 Å². The average Bonchev–Trinajstić information content (AvgIpc) is 3.13. The first-order valence-electron chi connectivity index (χ1n) is 12.0. The van der Waals surface area contributed by atoms with Gasteiger partial charge in [-0.25, -0.2) is 8.42 Å². The summed E-state index contributed by atoms with van der Waals surface area (Å²) in [5.74, 6) is 1.42. The Morgan fingerprint density at radius 2 is 1.83 bits per heavy atom. The quantitative estimate of drug-likeness (QED) is 0.582. The highest BCUT2D eigenvalue weighted by atomic mass is 32.2. The van der Waals surface area contributed by atoms with Gasteiger partial charge < -0.3 is 14.6 Å². The van der Waals surface area contributed by atoms with Crippen LogP contribution in [0.5, 0.6) is 0 Å². The minimum atomic E-state index is -3.71. The van der Waals surface area contributed by atoms with E-state index in [4.69, 9.17) is 4.74 Å². The molecule has 184 valence electrons. The van der Waals surface area contributed by atoms with Crippen LogP contribution < -0.4 is 5.32 Å². The van der Waals surface area contributed by atoms with Gasteiger partial charge in [0, 0.05) is 42.9 Å². The van der Waals surface area contributed by atoms with E-state index in [1.165, 1.54) is 16.8 Å². The van der Waals surface area contributed by atoms with Crippen molar-refractivity contribution in [3.8, 4) is 11.4 Å². The third kappa shape index (κ3) is 4.86. The highest BCUT2D eigenvalue weighted by Crippen LogP contribution is 2.26. The fourth-order valence-electron chi connectivity index (χ4n) is 4.58. The number of fused-ring (bicyclic) bond motifs is 1. The zero-order chi connectivity index (χ0) is 24.4. The summed E-state index contributed by atoms with van der Waals surface area (Å²) in [7, 11) is -3.71. The van der Waals surface area contributed by atoms with E-state index in [1.807, 2.05) is 18.2 Å². The van der Waals surface area contributed by atoms with Crippen molar-refractivity contribution in [2.45, 2.75) is 44.0 Å². The number of benzene rings is 2. The van der Waals surface area contributed by atoms with E-state index >= 15 is 0 Å². The molecule has 0 bridgehead atoms. The Hall–Kier alpha value is -3.08. The Bertz CT molecular complexity index is 1350. The summed E-state index contributed by atoms with van der Waals surface area (Å²) in [6, 6.07) is 12.3. The van der Waals surface area contributed by atoms with E-state index in [0.29, 0.717) is 37.6 Å². The van der Waals surface area contributed by atoms with E-state index in [1.54, 1.807) is 25.1 Å². The summed E-state index contributed by atoms with van der Waals surface area (Å²) in [5.41, 5.74) is 2.37. The van der Waals surface area contributed by atoms with Crippen LogP contribution in [0.25, 0.3) is 11.4 Å². The molecule has 2 aromatic carbocycles. The number of anilines is 1. The Kier molecular flexibility index (Phi) is 6.68. The maximum atomic E-state index is 13.2. The summed E-state index contributed by atoms with van der Waals surface area (Å²) in [5, 5.41) is 11.7. The molecule has 3 aromatic rings. The molecule has 2 aliphatic heterocycles. The van der Waals surface area contributed by atoms with Crippen molar-refractivity contribution in [1.29, 1.82) is 0 Å². The van der Waals surface area contributed by atoms with Gasteiger partial charge in [0.05, 0.1) is 18.1 Å². The number of nitrogens with zero attached hydrogens (tertiary/aromatic N) is 4. The van der Waals surface area contributed by atoms with Gasteiger partial charge in [-0.1, -0.05) is 24.6 Å². The fraction of sp³-hybridized carbons (Fsp3) is 0.400. The molecule has 0 saturated carbocycles. The fourth-order valence-corrected chi connectivity index (χ4v) is 6.24. The number of ether oxygens (including phenoxy) is 1. The topological polar surface area (TPSA) is 106 Å². The Morgan fingerprint density at radius 1 is 1.00 bits per heavy atom. The normalized spacial score (nSPS) is 16.9. The minimum Gasteiger partial charge on any atom is -0.379 e. The van der Waals surface area contributed by atoms with Crippen molar-refractivity contribution >= 4 is 21.6 Å². The van der Waals surface area contributed by atoms with Crippen LogP contribution in [0, 0.1) is 6.92 Å². The molecule has 1 fully saturated rings. The van der Waals surface area contributed by atoms with Gasteiger partial charge in [-0.3, -0.25) is 4.79 Å². The predicted molar refractivity (Wildman–Crippen MR) is 132 cm³/mol. The van der Waals surface area contributed by atoms with E-state index < -0.39 is 10.0 Å². The second kappa shape index (κ2) is 9.88. The largest absolute Gasteiger partial charge is 0.379 e. The molecular formula is C25H29N5O4S. The smallest absolute Gasteiger partial charge is 0.255 e. The third-order valence-electron chi connectivity index (χ3n) is 6.53. The van der Waals surface area contributed by atoms with Gasteiger partial charge in [-0.05, 0) is 49.6 Å². The van der Waals surface area contributed by atoms with Gasteiger partial charge in [-0.2, -0.15) is 4.31 Å². The number of aromatic nitrogens is 3. The monoisotopic (exact) mass is 495 g/mol. The molecule has 10 heteroatoms. The van der Waals surface area contributed by atoms with Crippen molar-refractivity contribution in [1.82, 2.24) is 19.1 Å². The molecule has 0 atom stereocenters. The molecule has 3 heterocycles. The third-order valence-corrected chi connectivity index (χ3v) is 8.57. The number of carbonyl (C=O) groups is 1. The lowest BCUT2D eigenvalue weighted by atomic mass is 10.1. The highest BCUT2D eigenvalue weighted by molar-refractivity contribution is 7.89. The molecule has 2 aliphatic rings. The van der Waals surface area contributed by atoms with Crippen LogP contribution in [-0.2, 0) is 27.7 Å².